The maximum atomic E-state index is 6.07. The van der Waals surface area contributed by atoms with Crippen molar-refractivity contribution in [3.05, 3.63) is 39.4 Å². The van der Waals surface area contributed by atoms with E-state index in [-0.39, 0.29) is 0 Å². The Morgan fingerprint density at radius 1 is 1.40 bits per heavy atom. The lowest BCUT2D eigenvalue weighted by Crippen LogP contribution is -2.21. The molecule has 0 aromatic heterocycles. The number of nitrogens with one attached hydrogen (secondary N) is 1. The summed E-state index contributed by atoms with van der Waals surface area (Å²) in [5.74, 6) is 0. The van der Waals surface area contributed by atoms with Crippen molar-refractivity contribution in [1.29, 1.82) is 0 Å². The van der Waals surface area contributed by atoms with Gasteiger partial charge in [-0.2, -0.15) is 0 Å². The highest BCUT2D eigenvalue weighted by molar-refractivity contribution is 6.35. The van der Waals surface area contributed by atoms with Crippen LogP contribution in [-0.2, 0) is 0 Å². The Kier molecular flexibility index (Phi) is 4.65. The third kappa shape index (κ3) is 3.53. The van der Waals surface area contributed by atoms with Gasteiger partial charge in [-0.25, -0.2) is 0 Å². The first-order valence-corrected chi connectivity index (χ1v) is 5.60. The van der Waals surface area contributed by atoms with E-state index in [2.05, 4.69) is 25.2 Å². The molecular weight excluding hydrogens is 229 g/mol. The van der Waals surface area contributed by atoms with E-state index in [4.69, 9.17) is 23.2 Å². The maximum absolute atomic E-state index is 6.07. The van der Waals surface area contributed by atoms with Gasteiger partial charge in [0.1, 0.15) is 0 Å². The fourth-order valence-corrected chi connectivity index (χ4v) is 1.68. The number of halogens is 2. The predicted octanol–water partition coefficient (Wildman–Crippen LogP) is 4.00. The first kappa shape index (κ1) is 12.6. The second-order valence-corrected chi connectivity index (χ2v) is 4.41. The highest BCUT2D eigenvalue weighted by Gasteiger charge is 2.03. The molecule has 0 spiro atoms. The van der Waals surface area contributed by atoms with Crippen LogP contribution in [-0.4, -0.2) is 13.1 Å². The number of rotatable bonds is 3. The largest absolute Gasteiger partial charge is 0.314 e. The van der Waals surface area contributed by atoms with Crippen LogP contribution in [0.1, 0.15) is 19.4 Å². The molecule has 0 saturated heterocycles. The molecule has 3 heteroatoms. The van der Waals surface area contributed by atoms with Crippen LogP contribution in [0.3, 0.4) is 0 Å². The second-order valence-electron chi connectivity index (χ2n) is 3.56. The summed E-state index contributed by atoms with van der Waals surface area (Å²) in [4.78, 5) is 0. The summed E-state index contributed by atoms with van der Waals surface area (Å²) < 4.78 is 0. The van der Waals surface area contributed by atoms with Gasteiger partial charge in [-0.05, 0) is 38.6 Å². The molecule has 0 aliphatic heterocycles. The Morgan fingerprint density at radius 3 is 2.60 bits per heavy atom. The lowest BCUT2D eigenvalue weighted by molar-refractivity contribution is 0.696. The molecule has 1 N–H and O–H groups in total. The van der Waals surface area contributed by atoms with Crippen LogP contribution >= 0.6 is 23.2 Å². The van der Waals surface area contributed by atoms with Gasteiger partial charge in [0.2, 0.25) is 0 Å². The third-order valence-corrected chi connectivity index (χ3v) is 3.02. The molecule has 0 saturated carbocycles. The molecule has 1 unspecified atom stereocenters. The minimum Gasteiger partial charge on any atom is -0.314 e. The summed E-state index contributed by atoms with van der Waals surface area (Å²) >= 11 is 11.9. The van der Waals surface area contributed by atoms with Gasteiger partial charge in [0.25, 0.3) is 0 Å². The number of hydrogen-bond acceptors (Lipinski definition) is 1. The molecule has 0 amide bonds. The molecule has 0 fully saturated rings. The molecule has 82 valence electrons. The molecule has 15 heavy (non-hydrogen) atoms. The Balaban J connectivity index is 2.98. The van der Waals surface area contributed by atoms with Crippen LogP contribution in [0.25, 0.3) is 6.08 Å². The van der Waals surface area contributed by atoms with Gasteiger partial charge in [-0.15, -0.1) is 0 Å². The van der Waals surface area contributed by atoms with Crippen LogP contribution in [0, 0.1) is 0 Å². The molecule has 1 atom stereocenters. The van der Waals surface area contributed by atoms with E-state index in [0.29, 0.717) is 16.1 Å². The lowest BCUT2D eigenvalue weighted by Gasteiger charge is -2.11. The number of benzene rings is 1. The zero-order valence-electron chi connectivity index (χ0n) is 9.14. The molecule has 1 rings (SSSR count). The van der Waals surface area contributed by atoms with E-state index in [1.807, 2.05) is 19.2 Å². The van der Waals surface area contributed by atoms with E-state index in [0.717, 1.165) is 5.56 Å². The number of hydrogen-bond donors (Lipinski definition) is 1. The van der Waals surface area contributed by atoms with Crippen molar-refractivity contribution in [2.45, 2.75) is 19.9 Å². The zero-order valence-corrected chi connectivity index (χ0v) is 10.7. The summed E-state index contributed by atoms with van der Waals surface area (Å²) in [5.41, 5.74) is 2.24. The summed E-state index contributed by atoms with van der Waals surface area (Å²) in [6.45, 7) is 4.18. The topological polar surface area (TPSA) is 12.0 Å². The Morgan fingerprint density at radius 2 is 2.07 bits per heavy atom. The minimum absolute atomic E-state index is 0.344. The Labute approximate surface area is 101 Å². The van der Waals surface area contributed by atoms with Crippen molar-refractivity contribution in [3.8, 4) is 0 Å². The molecule has 0 heterocycles. The van der Waals surface area contributed by atoms with Gasteiger partial charge in [0.15, 0.2) is 0 Å². The van der Waals surface area contributed by atoms with E-state index >= 15 is 0 Å². The zero-order chi connectivity index (χ0) is 11.4. The van der Waals surface area contributed by atoms with Gasteiger partial charge in [0, 0.05) is 16.1 Å². The number of likely N-dealkylation sites (N-methyl/N-ethyl adjacent to an activating group) is 1. The molecular formula is C12H15Cl2N. The Hall–Kier alpha value is -0.500. The van der Waals surface area contributed by atoms with Crippen LogP contribution in [0.4, 0.5) is 0 Å². The van der Waals surface area contributed by atoms with Crippen LogP contribution in [0.5, 0.6) is 0 Å². The van der Waals surface area contributed by atoms with Gasteiger partial charge in [-0.1, -0.05) is 40.9 Å². The molecule has 1 nitrogen and oxygen atoms in total. The predicted molar refractivity (Wildman–Crippen MR) is 68.6 cm³/mol. The second kappa shape index (κ2) is 5.55. The maximum Gasteiger partial charge on any atom is 0.0493 e. The molecule has 0 bridgehead atoms. The standard InChI is InChI=1S/C12H15Cl2N/c1-8(9(2)15-3)6-10-4-5-11(13)7-12(10)14/h4-7,9,15H,1-3H3/b8-6+. The summed E-state index contributed by atoms with van der Waals surface area (Å²) in [5, 5.41) is 4.53. The third-order valence-electron chi connectivity index (χ3n) is 2.46. The molecule has 1 aromatic rings. The Bertz CT molecular complexity index is 372. The van der Waals surface area contributed by atoms with Gasteiger partial charge in [-0.3, -0.25) is 0 Å². The van der Waals surface area contributed by atoms with Crippen molar-refractivity contribution < 1.29 is 0 Å². The van der Waals surface area contributed by atoms with Crippen molar-refractivity contribution >= 4 is 29.3 Å². The lowest BCUT2D eigenvalue weighted by atomic mass is 10.1. The monoisotopic (exact) mass is 243 g/mol. The van der Waals surface area contributed by atoms with Crippen LogP contribution in [0.15, 0.2) is 23.8 Å². The normalized spacial score (nSPS) is 14.1. The van der Waals surface area contributed by atoms with Gasteiger partial charge in [0.05, 0.1) is 0 Å². The van der Waals surface area contributed by atoms with Crippen LogP contribution < -0.4 is 5.32 Å². The van der Waals surface area contributed by atoms with E-state index in [1.165, 1.54) is 5.57 Å². The minimum atomic E-state index is 0.344. The first-order valence-electron chi connectivity index (χ1n) is 4.85. The van der Waals surface area contributed by atoms with Crippen molar-refractivity contribution in [3.63, 3.8) is 0 Å². The van der Waals surface area contributed by atoms with E-state index < -0.39 is 0 Å². The molecule has 0 aliphatic rings. The molecule has 0 radical (unpaired) electrons. The fourth-order valence-electron chi connectivity index (χ4n) is 1.22. The van der Waals surface area contributed by atoms with E-state index in [1.54, 1.807) is 6.07 Å². The average molecular weight is 244 g/mol. The highest BCUT2D eigenvalue weighted by atomic mass is 35.5. The highest BCUT2D eigenvalue weighted by Crippen LogP contribution is 2.23. The van der Waals surface area contributed by atoms with Gasteiger partial charge >= 0.3 is 0 Å². The van der Waals surface area contributed by atoms with Crippen molar-refractivity contribution in [2.75, 3.05) is 7.05 Å². The quantitative estimate of drug-likeness (QED) is 0.847. The van der Waals surface area contributed by atoms with Crippen molar-refractivity contribution in [2.24, 2.45) is 0 Å². The van der Waals surface area contributed by atoms with Crippen molar-refractivity contribution in [1.82, 2.24) is 5.32 Å². The van der Waals surface area contributed by atoms with Gasteiger partial charge < -0.3 is 5.32 Å². The first-order chi connectivity index (χ1) is 7.04. The molecule has 0 aliphatic carbocycles. The summed E-state index contributed by atoms with van der Waals surface area (Å²) in [6.07, 6.45) is 2.07. The summed E-state index contributed by atoms with van der Waals surface area (Å²) in [7, 11) is 1.94. The van der Waals surface area contributed by atoms with Crippen LogP contribution in [0.2, 0.25) is 10.0 Å². The smallest absolute Gasteiger partial charge is 0.0493 e. The molecule has 1 aromatic carbocycles. The SMILES string of the molecule is CNC(C)/C(C)=C/c1ccc(Cl)cc1Cl. The van der Waals surface area contributed by atoms with E-state index in [9.17, 15) is 0 Å². The fraction of sp³-hybridized carbons (Fsp3) is 0.333. The average Bonchev–Trinajstić information content (AvgIpc) is 2.20. The summed E-state index contributed by atoms with van der Waals surface area (Å²) in [6, 6.07) is 5.87.